The van der Waals surface area contributed by atoms with Crippen molar-refractivity contribution in [2.75, 3.05) is 0 Å². The topological polar surface area (TPSA) is 37.3 Å². The molecule has 0 amide bonds. The summed E-state index contributed by atoms with van der Waals surface area (Å²) in [5.41, 5.74) is 0.787. The summed E-state index contributed by atoms with van der Waals surface area (Å²) in [6, 6.07) is 7.35. The summed E-state index contributed by atoms with van der Waals surface area (Å²) in [5, 5.41) is 9.68. The molecule has 1 atom stereocenters. The molecule has 0 unspecified atom stereocenters. The van der Waals surface area contributed by atoms with Crippen LogP contribution in [-0.2, 0) is 4.79 Å². The van der Waals surface area contributed by atoms with Crippen LogP contribution in [0.15, 0.2) is 28.7 Å². The predicted octanol–water partition coefficient (Wildman–Crippen LogP) is 2.85. The molecule has 1 rings (SSSR count). The van der Waals surface area contributed by atoms with Crippen LogP contribution in [0.4, 0.5) is 0 Å². The quantitative estimate of drug-likeness (QED) is 0.900. The minimum atomic E-state index is -0.671. The summed E-state index contributed by atoms with van der Waals surface area (Å²) in [6.07, 6.45) is 0.0154. The van der Waals surface area contributed by atoms with Gasteiger partial charge in [0.2, 0.25) is 0 Å². The van der Waals surface area contributed by atoms with Crippen LogP contribution in [0.5, 0.6) is 0 Å². The van der Waals surface area contributed by atoms with Gasteiger partial charge in [0.25, 0.3) is 0 Å². The van der Waals surface area contributed by atoms with E-state index in [0.717, 1.165) is 10.0 Å². The zero-order chi connectivity index (χ0) is 10.6. The lowest BCUT2D eigenvalue weighted by Gasteiger charge is -2.09. The van der Waals surface area contributed by atoms with Gasteiger partial charge in [0.15, 0.2) is 0 Å². The summed E-state index contributed by atoms with van der Waals surface area (Å²) in [5.74, 6) is 0.0837. The first-order chi connectivity index (χ1) is 6.63. The van der Waals surface area contributed by atoms with Gasteiger partial charge in [0.05, 0.1) is 6.10 Å². The molecule has 1 N–H and O–H groups in total. The van der Waals surface area contributed by atoms with E-state index in [1.54, 1.807) is 6.92 Å². The Kier molecular flexibility index (Phi) is 4.29. The van der Waals surface area contributed by atoms with Gasteiger partial charge in [-0.1, -0.05) is 35.0 Å². The third-order valence-electron chi connectivity index (χ3n) is 2.07. The minimum absolute atomic E-state index is 0.0837. The van der Waals surface area contributed by atoms with Gasteiger partial charge in [-0.25, -0.2) is 0 Å². The molecular weight excluding hydrogens is 244 g/mol. The third-order valence-corrected chi connectivity index (χ3v) is 2.60. The summed E-state index contributed by atoms with van der Waals surface area (Å²) in [4.78, 5) is 11.1. The van der Waals surface area contributed by atoms with E-state index in [2.05, 4.69) is 15.9 Å². The molecule has 14 heavy (non-hydrogen) atoms. The van der Waals surface area contributed by atoms with Gasteiger partial charge in [-0.3, -0.25) is 4.79 Å². The summed E-state index contributed by atoms with van der Waals surface area (Å²) < 4.78 is 0.968. The number of halogens is 1. The van der Waals surface area contributed by atoms with Crippen molar-refractivity contribution in [2.24, 2.45) is 0 Å². The number of benzene rings is 1. The Morgan fingerprint density at radius 3 is 2.50 bits per heavy atom. The number of hydrogen-bond donors (Lipinski definition) is 1. The van der Waals surface area contributed by atoms with Crippen LogP contribution in [0.25, 0.3) is 0 Å². The second kappa shape index (κ2) is 5.27. The zero-order valence-electron chi connectivity index (χ0n) is 8.03. The monoisotopic (exact) mass is 256 g/mol. The number of Topliss-reactive ketones (excluding diaryl/α,β-unsaturated/α-hetero) is 1. The van der Waals surface area contributed by atoms with E-state index in [0.29, 0.717) is 6.42 Å². The number of carbonyl (C=O) groups excluding carboxylic acids is 1. The second-order valence-corrected chi connectivity index (χ2v) is 4.08. The Morgan fingerprint density at radius 1 is 1.43 bits per heavy atom. The molecule has 0 heterocycles. The first-order valence-electron chi connectivity index (χ1n) is 4.58. The number of hydrogen-bond acceptors (Lipinski definition) is 2. The van der Waals surface area contributed by atoms with E-state index in [4.69, 9.17) is 0 Å². The zero-order valence-corrected chi connectivity index (χ0v) is 9.62. The Balaban J connectivity index is 2.65. The van der Waals surface area contributed by atoms with Crippen molar-refractivity contribution in [1.82, 2.24) is 0 Å². The maximum atomic E-state index is 11.1. The molecule has 0 spiro atoms. The fourth-order valence-corrected chi connectivity index (χ4v) is 1.43. The number of ketones is 1. The normalized spacial score (nSPS) is 12.5. The third kappa shape index (κ3) is 3.24. The fourth-order valence-electron chi connectivity index (χ4n) is 1.16. The van der Waals surface area contributed by atoms with E-state index >= 15 is 0 Å². The van der Waals surface area contributed by atoms with Crippen molar-refractivity contribution in [3.05, 3.63) is 34.3 Å². The Labute approximate surface area is 92.1 Å². The molecule has 0 bridgehead atoms. The van der Waals surface area contributed by atoms with Crippen molar-refractivity contribution in [1.29, 1.82) is 0 Å². The van der Waals surface area contributed by atoms with Crippen molar-refractivity contribution in [3.8, 4) is 0 Å². The highest BCUT2D eigenvalue weighted by molar-refractivity contribution is 9.10. The fraction of sp³-hybridized carbons (Fsp3) is 0.364. The van der Waals surface area contributed by atoms with E-state index in [1.807, 2.05) is 24.3 Å². The predicted molar refractivity (Wildman–Crippen MR) is 59.0 cm³/mol. The van der Waals surface area contributed by atoms with Crippen LogP contribution in [0.2, 0.25) is 0 Å². The van der Waals surface area contributed by atoms with Gasteiger partial charge in [-0.2, -0.15) is 0 Å². The highest BCUT2D eigenvalue weighted by Gasteiger charge is 2.10. The van der Waals surface area contributed by atoms with Gasteiger partial charge in [-0.15, -0.1) is 0 Å². The molecule has 76 valence electrons. The van der Waals surface area contributed by atoms with Crippen LogP contribution in [0.3, 0.4) is 0 Å². The molecule has 0 radical (unpaired) electrons. The van der Waals surface area contributed by atoms with Gasteiger partial charge in [0, 0.05) is 17.3 Å². The lowest BCUT2D eigenvalue weighted by molar-refractivity contribution is -0.120. The van der Waals surface area contributed by atoms with Crippen molar-refractivity contribution in [2.45, 2.75) is 25.9 Å². The van der Waals surface area contributed by atoms with Crippen molar-refractivity contribution in [3.63, 3.8) is 0 Å². The lowest BCUT2D eigenvalue weighted by atomic mass is 10.0. The molecule has 0 saturated heterocycles. The van der Waals surface area contributed by atoms with Crippen LogP contribution in [0, 0.1) is 0 Å². The molecular formula is C11H13BrO2. The first-order valence-corrected chi connectivity index (χ1v) is 5.38. The lowest BCUT2D eigenvalue weighted by Crippen LogP contribution is -2.05. The van der Waals surface area contributed by atoms with E-state index < -0.39 is 6.10 Å². The minimum Gasteiger partial charge on any atom is -0.388 e. The highest BCUT2D eigenvalue weighted by atomic mass is 79.9. The maximum absolute atomic E-state index is 11.1. The van der Waals surface area contributed by atoms with Gasteiger partial charge in [-0.05, 0) is 17.7 Å². The van der Waals surface area contributed by atoms with Crippen LogP contribution in [0.1, 0.15) is 31.4 Å². The standard InChI is InChI=1S/C11H13BrO2/c1-2-10(13)7-11(14)8-3-5-9(12)6-4-8/h3-6,11,14H,2,7H2,1H3/t11-/m0/s1. The molecule has 0 fully saturated rings. The molecule has 0 aliphatic heterocycles. The highest BCUT2D eigenvalue weighted by Crippen LogP contribution is 2.19. The molecule has 2 nitrogen and oxygen atoms in total. The van der Waals surface area contributed by atoms with Crippen molar-refractivity contribution < 1.29 is 9.90 Å². The smallest absolute Gasteiger partial charge is 0.135 e. The van der Waals surface area contributed by atoms with Gasteiger partial charge in [0.1, 0.15) is 5.78 Å². The van der Waals surface area contributed by atoms with E-state index in [1.165, 1.54) is 0 Å². The summed E-state index contributed by atoms with van der Waals surface area (Å²) in [7, 11) is 0. The number of carbonyl (C=O) groups is 1. The average molecular weight is 257 g/mol. The molecule has 0 aliphatic rings. The van der Waals surface area contributed by atoms with Crippen LogP contribution in [-0.4, -0.2) is 10.9 Å². The second-order valence-electron chi connectivity index (χ2n) is 3.16. The number of aliphatic hydroxyl groups is 1. The Bertz CT molecular complexity index is 306. The maximum Gasteiger partial charge on any atom is 0.135 e. The molecule has 0 saturated carbocycles. The Morgan fingerprint density at radius 2 is 2.00 bits per heavy atom. The summed E-state index contributed by atoms with van der Waals surface area (Å²) >= 11 is 3.31. The van der Waals surface area contributed by atoms with Crippen LogP contribution < -0.4 is 0 Å². The largest absolute Gasteiger partial charge is 0.388 e. The van der Waals surface area contributed by atoms with Crippen LogP contribution >= 0.6 is 15.9 Å². The molecule has 3 heteroatoms. The SMILES string of the molecule is CCC(=O)C[C@H](O)c1ccc(Br)cc1. The van der Waals surface area contributed by atoms with Crippen molar-refractivity contribution >= 4 is 21.7 Å². The van der Waals surface area contributed by atoms with Gasteiger partial charge < -0.3 is 5.11 Å². The molecule has 0 aromatic heterocycles. The molecule has 1 aromatic carbocycles. The Hall–Kier alpha value is -0.670. The average Bonchev–Trinajstić information content (AvgIpc) is 2.18. The summed E-state index contributed by atoms with van der Waals surface area (Å²) in [6.45, 7) is 1.80. The molecule has 1 aromatic rings. The molecule has 0 aliphatic carbocycles. The van der Waals surface area contributed by atoms with E-state index in [9.17, 15) is 9.90 Å². The van der Waals surface area contributed by atoms with E-state index in [-0.39, 0.29) is 12.2 Å². The van der Waals surface area contributed by atoms with Gasteiger partial charge >= 0.3 is 0 Å². The first kappa shape index (κ1) is 11.4. The number of rotatable bonds is 4. The number of aliphatic hydroxyl groups excluding tert-OH is 1.